The Hall–Kier alpha value is -2.33. The zero-order chi connectivity index (χ0) is 15.1. The van der Waals surface area contributed by atoms with Crippen molar-refractivity contribution in [3.63, 3.8) is 0 Å². The van der Waals surface area contributed by atoms with Gasteiger partial charge in [-0.1, -0.05) is 6.07 Å². The third-order valence-electron chi connectivity index (χ3n) is 2.21. The monoisotopic (exact) mass is 338 g/mol. The Kier molecular flexibility index (Phi) is 5.74. The maximum absolute atomic E-state index is 11.4. The molecule has 6 nitrogen and oxygen atoms in total. The van der Waals surface area contributed by atoms with E-state index < -0.39 is 18.5 Å². The summed E-state index contributed by atoms with van der Waals surface area (Å²) in [5.74, 6) is -1.19. The Bertz CT molecular complexity index is 605. The van der Waals surface area contributed by atoms with Crippen LogP contribution >= 0.6 is 15.9 Å². The molecule has 0 radical (unpaired) electrons. The SMILES string of the molecule is CNC(=O)/C(C#N)=C/c1ccc(OCC(=O)O)c(Br)c1. The number of carboxylic acids is 1. The Morgan fingerprint density at radius 2 is 2.25 bits per heavy atom. The van der Waals surface area contributed by atoms with Crippen LogP contribution in [-0.2, 0) is 9.59 Å². The summed E-state index contributed by atoms with van der Waals surface area (Å²) in [5.41, 5.74) is 0.582. The molecule has 1 rings (SSSR count). The van der Waals surface area contributed by atoms with Gasteiger partial charge in [-0.3, -0.25) is 4.79 Å². The van der Waals surface area contributed by atoms with Gasteiger partial charge in [-0.25, -0.2) is 4.79 Å². The van der Waals surface area contributed by atoms with Crippen LogP contribution in [0, 0.1) is 11.3 Å². The van der Waals surface area contributed by atoms with Crippen molar-refractivity contribution in [2.75, 3.05) is 13.7 Å². The number of hydrogen-bond donors (Lipinski definition) is 2. The van der Waals surface area contributed by atoms with E-state index in [-0.39, 0.29) is 5.57 Å². The van der Waals surface area contributed by atoms with Gasteiger partial charge in [0, 0.05) is 7.05 Å². The molecule has 0 atom stereocenters. The summed E-state index contributed by atoms with van der Waals surface area (Å²) in [4.78, 5) is 21.8. The highest BCUT2D eigenvalue weighted by Crippen LogP contribution is 2.26. The van der Waals surface area contributed by atoms with Crippen molar-refractivity contribution < 1.29 is 19.4 Å². The minimum absolute atomic E-state index is 0.0291. The van der Waals surface area contributed by atoms with Crippen LogP contribution < -0.4 is 10.1 Å². The van der Waals surface area contributed by atoms with E-state index in [4.69, 9.17) is 15.1 Å². The molecule has 0 saturated heterocycles. The molecule has 0 aliphatic rings. The quantitative estimate of drug-likeness (QED) is 0.627. The van der Waals surface area contributed by atoms with E-state index >= 15 is 0 Å². The van der Waals surface area contributed by atoms with Gasteiger partial charge < -0.3 is 15.2 Å². The van der Waals surface area contributed by atoms with E-state index in [0.29, 0.717) is 15.8 Å². The largest absolute Gasteiger partial charge is 0.481 e. The molecule has 2 N–H and O–H groups in total. The topological polar surface area (TPSA) is 99.4 Å². The molecule has 0 bridgehead atoms. The number of carbonyl (C=O) groups excluding carboxylic acids is 1. The first kappa shape index (κ1) is 15.7. The van der Waals surface area contributed by atoms with Crippen LogP contribution in [0.1, 0.15) is 5.56 Å². The first-order chi connectivity index (χ1) is 9.47. The van der Waals surface area contributed by atoms with Crippen LogP contribution in [0.3, 0.4) is 0 Å². The van der Waals surface area contributed by atoms with Crippen molar-refractivity contribution in [2.45, 2.75) is 0 Å². The number of ether oxygens (including phenoxy) is 1. The van der Waals surface area contributed by atoms with Crippen LogP contribution in [0.25, 0.3) is 6.08 Å². The molecule has 0 saturated carbocycles. The Balaban J connectivity index is 2.97. The number of rotatable bonds is 5. The summed E-state index contributed by atoms with van der Waals surface area (Å²) in [5, 5.41) is 19.8. The van der Waals surface area contributed by atoms with Gasteiger partial charge in [-0.2, -0.15) is 5.26 Å². The molecule has 104 valence electrons. The van der Waals surface area contributed by atoms with Gasteiger partial charge in [-0.05, 0) is 39.7 Å². The highest BCUT2D eigenvalue weighted by atomic mass is 79.9. The zero-order valence-electron chi connectivity index (χ0n) is 10.5. The number of carboxylic acid groups (broad SMARTS) is 1. The second-order valence-electron chi connectivity index (χ2n) is 3.62. The van der Waals surface area contributed by atoms with E-state index in [1.807, 2.05) is 0 Å². The molecule has 0 fully saturated rings. The third kappa shape index (κ3) is 4.40. The van der Waals surface area contributed by atoms with Gasteiger partial charge >= 0.3 is 5.97 Å². The van der Waals surface area contributed by atoms with E-state index in [2.05, 4.69) is 21.2 Å². The number of amides is 1. The second-order valence-corrected chi connectivity index (χ2v) is 4.48. The van der Waals surface area contributed by atoms with Gasteiger partial charge in [0.25, 0.3) is 5.91 Å². The van der Waals surface area contributed by atoms with Gasteiger partial charge in [0.05, 0.1) is 4.47 Å². The van der Waals surface area contributed by atoms with Crippen LogP contribution in [0.5, 0.6) is 5.75 Å². The highest BCUT2D eigenvalue weighted by molar-refractivity contribution is 9.10. The maximum atomic E-state index is 11.4. The minimum atomic E-state index is -1.08. The van der Waals surface area contributed by atoms with Gasteiger partial charge in [0.1, 0.15) is 17.4 Å². The number of likely N-dealkylation sites (N-methyl/N-ethyl adjacent to an activating group) is 1. The van der Waals surface area contributed by atoms with Crippen molar-refractivity contribution >= 4 is 33.9 Å². The molecule has 0 aliphatic carbocycles. The van der Waals surface area contributed by atoms with E-state index in [9.17, 15) is 9.59 Å². The number of carbonyl (C=O) groups is 2. The molecule has 0 heterocycles. The number of nitrogens with zero attached hydrogens (tertiary/aromatic N) is 1. The lowest BCUT2D eigenvalue weighted by Crippen LogP contribution is -2.19. The molecule has 0 spiro atoms. The fraction of sp³-hybridized carbons (Fsp3) is 0.154. The maximum Gasteiger partial charge on any atom is 0.341 e. The predicted octanol–water partition coefficient (Wildman–Crippen LogP) is 1.57. The van der Waals surface area contributed by atoms with Gasteiger partial charge in [0.15, 0.2) is 6.61 Å². The molecule has 0 aliphatic heterocycles. The second kappa shape index (κ2) is 7.31. The number of benzene rings is 1. The molecular weight excluding hydrogens is 328 g/mol. The molecule has 0 unspecified atom stereocenters. The van der Waals surface area contributed by atoms with Crippen molar-refractivity contribution in [2.24, 2.45) is 0 Å². The molecule has 1 aromatic rings. The smallest absolute Gasteiger partial charge is 0.341 e. The van der Waals surface area contributed by atoms with Crippen LogP contribution in [-0.4, -0.2) is 30.6 Å². The van der Waals surface area contributed by atoms with Gasteiger partial charge in [-0.15, -0.1) is 0 Å². The van der Waals surface area contributed by atoms with Crippen LogP contribution in [0.4, 0.5) is 0 Å². The summed E-state index contributed by atoms with van der Waals surface area (Å²) >= 11 is 3.23. The average Bonchev–Trinajstić information content (AvgIpc) is 2.42. The third-order valence-corrected chi connectivity index (χ3v) is 2.83. The number of nitrogens with one attached hydrogen (secondary N) is 1. The summed E-state index contributed by atoms with van der Waals surface area (Å²) in [6.07, 6.45) is 1.42. The Labute approximate surface area is 123 Å². The highest BCUT2D eigenvalue weighted by Gasteiger charge is 2.08. The number of aliphatic carboxylic acids is 1. The summed E-state index contributed by atoms with van der Waals surface area (Å²) in [6, 6.07) is 6.59. The molecule has 1 aromatic carbocycles. The Morgan fingerprint density at radius 1 is 1.55 bits per heavy atom. The first-order valence-corrected chi connectivity index (χ1v) is 6.25. The van der Waals surface area contributed by atoms with Crippen LogP contribution in [0.2, 0.25) is 0 Å². The Morgan fingerprint density at radius 3 is 2.75 bits per heavy atom. The molecular formula is C13H11BrN2O4. The lowest BCUT2D eigenvalue weighted by atomic mass is 10.1. The summed E-state index contributed by atoms with van der Waals surface area (Å²) < 4.78 is 5.57. The molecule has 0 aromatic heterocycles. The number of halogens is 1. The van der Waals surface area contributed by atoms with E-state index in [0.717, 1.165) is 0 Å². The standard InChI is InChI=1S/C13H11BrN2O4/c1-16-13(19)9(6-15)4-8-2-3-11(10(14)5-8)20-7-12(17)18/h2-5H,7H2,1H3,(H,16,19)(H,17,18)/b9-4+. The minimum Gasteiger partial charge on any atom is -0.481 e. The van der Waals surface area contributed by atoms with E-state index in [1.54, 1.807) is 24.3 Å². The van der Waals surface area contributed by atoms with Gasteiger partial charge in [0.2, 0.25) is 0 Å². The normalized spacial score (nSPS) is 10.6. The lowest BCUT2D eigenvalue weighted by Gasteiger charge is -2.06. The van der Waals surface area contributed by atoms with Crippen molar-refractivity contribution in [1.29, 1.82) is 5.26 Å². The van der Waals surface area contributed by atoms with E-state index in [1.165, 1.54) is 13.1 Å². The predicted molar refractivity (Wildman–Crippen MR) is 74.9 cm³/mol. The van der Waals surface area contributed by atoms with Crippen LogP contribution in [0.15, 0.2) is 28.2 Å². The van der Waals surface area contributed by atoms with Crippen molar-refractivity contribution in [1.82, 2.24) is 5.32 Å². The first-order valence-electron chi connectivity index (χ1n) is 5.46. The lowest BCUT2D eigenvalue weighted by molar-refractivity contribution is -0.139. The number of nitriles is 1. The molecule has 20 heavy (non-hydrogen) atoms. The van der Waals surface area contributed by atoms with Crippen molar-refractivity contribution in [3.8, 4) is 11.8 Å². The zero-order valence-corrected chi connectivity index (χ0v) is 12.1. The molecule has 1 amide bonds. The average molecular weight is 339 g/mol. The fourth-order valence-electron chi connectivity index (χ4n) is 1.31. The summed E-state index contributed by atoms with van der Waals surface area (Å²) in [7, 11) is 1.44. The fourth-order valence-corrected chi connectivity index (χ4v) is 1.82. The number of hydrogen-bond acceptors (Lipinski definition) is 4. The molecule has 7 heteroatoms. The summed E-state index contributed by atoms with van der Waals surface area (Å²) in [6.45, 7) is -0.449. The van der Waals surface area contributed by atoms with Crippen molar-refractivity contribution in [3.05, 3.63) is 33.8 Å².